The molecule has 0 aromatic heterocycles. The van der Waals surface area contributed by atoms with Crippen molar-refractivity contribution in [2.75, 3.05) is 6.61 Å². The van der Waals surface area contributed by atoms with E-state index in [1.54, 1.807) is 0 Å². The molecule has 0 heterocycles. The molecule has 0 aliphatic rings. The van der Waals surface area contributed by atoms with Gasteiger partial charge in [-0.05, 0) is 17.9 Å². The van der Waals surface area contributed by atoms with E-state index in [1.165, 1.54) is 31.2 Å². The molecule has 94 valence electrons. The Bertz CT molecular complexity index is 292. The van der Waals surface area contributed by atoms with Gasteiger partial charge in [-0.3, -0.25) is 0 Å². The van der Waals surface area contributed by atoms with Gasteiger partial charge in [0.2, 0.25) is 0 Å². The van der Waals surface area contributed by atoms with Crippen LogP contribution < -0.4 is 0 Å². The minimum Gasteiger partial charge on any atom is -0.376 e. The molecule has 0 unspecified atom stereocenters. The van der Waals surface area contributed by atoms with Crippen LogP contribution in [0.15, 0.2) is 43.0 Å². The first-order chi connectivity index (χ1) is 8.36. The first kappa shape index (κ1) is 14.0. The van der Waals surface area contributed by atoms with E-state index in [2.05, 4.69) is 25.6 Å². The summed E-state index contributed by atoms with van der Waals surface area (Å²) in [4.78, 5) is 0. The van der Waals surface area contributed by atoms with Crippen LogP contribution in [0.25, 0.3) is 0 Å². The number of benzene rings is 1. The standard InChI is InChI=1S/C16H24O/c1-3-5-7-10-15(4-2)13-17-14-16-11-8-6-9-12-16/h4,6,8-9,11-12,15H,2-3,5,7,10,13-14H2,1H3/t15-/m1/s1. The van der Waals surface area contributed by atoms with Crippen LogP contribution in [0, 0.1) is 5.92 Å². The zero-order valence-electron chi connectivity index (χ0n) is 10.9. The van der Waals surface area contributed by atoms with Gasteiger partial charge in [-0.2, -0.15) is 0 Å². The third kappa shape index (κ3) is 6.28. The Labute approximate surface area is 106 Å². The summed E-state index contributed by atoms with van der Waals surface area (Å²) in [5, 5.41) is 0. The lowest BCUT2D eigenvalue weighted by atomic mass is 10.0. The van der Waals surface area contributed by atoms with Crippen molar-refractivity contribution in [1.29, 1.82) is 0 Å². The van der Waals surface area contributed by atoms with Crippen molar-refractivity contribution in [3.05, 3.63) is 48.6 Å². The largest absolute Gasteiger partial charge is 0.376 e. The number of hydrogen-bond donors (Lipinski definition) is 0. The van der Waals surface area contributed by atoms with E-state index in [-0.39, 0.29) is 0 Å². The lowest BCUT2D eigenvalue weighted by Gasteiger charge is -2.12. The van der Waals surface area contributed by atoms with Gasteiger partial charge >= 0.3 is 0 Å². The van der Waals surface area contributed by atoms with Crippen molar-refractivity contribution in [3.8, 4) is 0 Å². The Morgan fingerprint density at radius 1 is 1.24 bits per heavy atom. The molecule has 1 rings (SSSR count). The van der Waals surface area contributed by atoms with Crippen molar-refractivity contribution in [2.24, 2.45) is 5.92 Å². The molecule has 1 heteroatoms. The van der Waals surface area contributed by atoms with Crippen molar-refractivity contribution in [1.82, 2.24) is 0 Å². The van der Waals surface area contributed by atoms with E-state index in [1.807, 2.05) is 24.3 Å². The molecule has 0 N–H and O–H groups in total. The van der Waals surface area contributed by atoms with E-state index >= 15 is 0 Å². The highest BCUT2D eigenvalue weighted by Gasteiger charge is 2.04. The van der Waals surface area contributed by atoms with Gasteiger partial charge in [0.05, 0.1) is 13.2 Å². The summed E-state index contributed by atoms with van der Waals surface area (Å²) in [5.74, 6) is 0.505. The van der Waals surface area contributed by atoms with Crippen molar-refractivity contribution >= 4 is 0 Å². The summed E-state index contributed by atoms with van der Waals surface area (Å²) in [6, 6.07) is 10.3. The maximum Gasteiger partial charge on any atom is 0.0717 e. The fourth-order valence-corrected chi connectivity index (χ4v) is 1.83. The van der Waals surface area contributed by atoms with Gasteiger partial charge in [0.25, 0.3) is 0 Å². The van der Waals surface area contributed by atoms with Gasteiger partial charge in [0.1, 0.15) is 0 Å². The van der Waals surface area contributed by atoms with Gasteiger partial charge in [-0.1, -0.05) is 62.6 Å². The molecule has 1 atom stereocenters. The monoisotopic (exact) mass is 232 g/mol. The summed E-state index contributed by atoms with van der Waals surface area (Å²) in [5.41, 5.74) is 1.24. The van der Waals surface area contributed by atoms with Gasteiger partial charge in [-0.25, -0.2) is 0 Å². The van der Waals surface area contributed by atoms with Gasteiger partial charge in [-0.15, -0.1) is 6.58 Å². The SMILES string of the molecule is C=C[C@H](CCCCC)COCc1ccccc1. The zero-order valence-corrected chi connectivity index (χ0v) is 10.9. The van der Waals surface area contributed by atoms with Crippen LogP contribution in [0.5, 0.6) is 0 Å². The van der Waals surface area contributed by atoms with E-state index in [4.69, 9.17) is 4.74 Å². The number of ether oxygens (including phenoxy) is 1. The molecule has 0 radical (unpaired) electrons. The minimum absolute atomic E-state index is 0.505. The Morgan fingerprint density at radius 2 is 2.00 bits per heavy atom. The van der Waals surface area contributed by atoms with Crippen molar-refractivity contribution in [3.63, 3.8) is 0 Å². The third-order valence-corrected chi connectivity index (χ3v) is 2.96. The molecule has 0 aliphatic heterocycles. The molecular weight excluding hydrogens is 208 g/mol. The van der Waals surface area contributed by atoms with Crippen LogP contribution in [-0.2, 0) is 11.3 Å². The Morgan fingerprint density at radius 3 is 2.65 bits per heavy atom. The molecule has 0 fully saturated rings. The quantitative estimate of drug-likeness (QED) is 0.447. The lowest BCUT2D eigenvalue weighted by Crippen LogP contribution is -2.07. The van der Waals surface area contributed by atoms with Crippen LogP contribution in [0.2, 0.25) is 0 Å². The average Bonchev–Trinajstić information content (AvgIpc) is 2.38. The first-order valence-corrected chi connectivity index (χ1v) is 6.61. The predicted octanol–water partition coefficient (Wildman–Crippen LogP) is 4.59. The fraction of sp³-hybridized carbons (Fsp3) is 0.500. The summed E-state index contributed by atoms with van der Waals surface area (Å²) in [7, 11) is 0. The highest BCUT2D eigenvalue weighted by molar-refractivity contribution is 5.13. The second-order valence-electron chi connectivity index (χ2n) is 4.49. The highest BCUT2D eigenvalue weighted by Crippen LogP contribution is 2.12. The van der Waals surface area contributed by atoms with E-state index in [9.17, 15) is 0 Å². The number of unbranched alkanes of at least 4 members (excludes halogenated alkanes) is 2. The van der Waals surface area contributed by atoms with Crippen molar-refractivity contribution in [2.45, 2.75) is 39.2 Å². The molecule has 1 nitrogen and oxygen atoms in total. The molecule has 0 aliphatic carbocycles. The summed E-state index contributed by atoms with van der Waals surface area (Å²) < 4.78 is 5.73. The molecular formula is C16H24O. The molecule has 0 bridgehead atoms. The Balaban J connectivity index is 2.17. The Hall–Kier alpha value is -1.08. The van der Waals surface area contributed by atoms with E-state index in [0.29, 0.717) is 12.5 Å². The van der Waals surface area contributed by atoms with Gasteiger partial charge in [0.15, 0.2) is 0 Å². The van der Waals surface area contributed by atoms with Gasteiger partial charge in [0, 0.05) is 0 Å². The van der Waals surface area contributed by atoms with E-state index < -0.39 is 0 Å². The van der Waals surface area contributed by atoms with Crippen LogP contribution in [0.4, 0.5) is 0 Å². The van der Waals surface area contributed by atoms with E-state index in [0.717, 1.165) is 6.61 Å². The summed E-state index contributed by atoms with van der Waals surface area (Å²) >= 11 is 0. The maximum absolute atomic E-state index is 5.73. The normalized spacial score (nSPS) is 12.3. The van der Waals surface area contributed by atoms with Crippen LogP contribution in [0.3, 0.4) is 0 Å². The van der Waals surface area contributed by atoms with Crippen LogP contribution in [0.1, 0.15) is 38.2 Å². The molecule has 1 aromatic carbocycles. The lowest BCUT2D eigenvalue weighted by molar-refractivity contribution is 0.0966. The summed E-state index contributed by atoms with van der Waals surface area (Å²) in [6.07, 6.45) is 7.09. The summed E-state index contributed by atoms with van der Waals surface area (Å²) in [6.45, 7) is 7.62. The maximum atomic E-state index is 5.73. The molecule has 0 amide bonds. The zero-order chi connectivity index (χ0) is 12.3. The second kappa shape index (κ2) is 9.00. The van der Waals surface area contributed by atoms with Crippen LogP contribution in [-0.4, -0.2) is 6.61 Å². The topological polar surface area (TPSA) is 9.23 Å². The van der Waals surface area contributed by atoms with Crippen LogP contribution >= 0.6 is 0 Å². The molecule has 17 heavy (non-hydrogen) atoms. The van der Waals surface area contributed by atoms with Gasteiger partial charge < -0.3 is 4.74 Å². The molecule has 0 saturated carbocycles. The smallest absolute Gasteiger partial charge is 0.0717 e. The Kier molecular flexibility index (Phi) is 7.40. The number of rotatable bonds is 9. The van der Waals surface area contributed by atoms with Crippen molar-refractivity contribution < 1.29 is 4.74 Å². The third-order valence-electron chi connectivity index (χ3n) is 2.96. The second-order valence-corrected chi connectivity index (χ2v) is 4.49. The average molecular weight is 232 g/mol. The first-order valence-electron chi connectivity index (χ1n) is 6.61. The molecule has 0 saturated heterocycles. The highest BCUT2D eigenvalue weighted by atomic mass is 16.5. The minimum atomic E-state index is 0.505. The predicted molar refractivity (Wildman–Crippen MR) is 73.9 cm³/mol. The molecule has 0 spiro atoms. The number of hydrogen-bond acceptors (Lipinski definition) is 1. The molecule has 1 aromatic rings. The fourth-order valence-electron chi connectivity index (χ4n) is 1.83.